The first-order chi connectivity index (χ1) is 6.63. The normalized spacial score (nSPS) is 17.3. The second-order valence-electron chi connectivity index (χ2n) is 3.91. The number of carbonyl (C=O) groups is 2. The van der Waals surface area contributed by atoms with Crippen molar-refractivity contribution in [1.29, 1.82) is 0 Å². The second-order valence-corrected chi connectivity index (χ2v) is 3.91. The molecule has 0 radical (unpaired) electrons. The molecule has 0 unspecified atom stereocenters. The predicted octanol–water partition coefficient (Wildman–Crippen LogP) is -0.327. The Bertz CT molecular complexity index is 236. The van der Waals surface area contributed by atoms with Gasteiger partial charge in [-0.25, -0.2) is 5.84 Å². The van der Waals surface area contributed by atoms with Crippen molar-refractivity contribution in [2.75, 3.05) is 6.54 Å². The molecule has 1 fully saturated rings. The summed E-state index contributed by atoms with van der Waals surface area (Å²) in [6, 6.07) is 0. The quantitative estimate of drug-likeness (QED) is 0.251. The van der Waals surface area contributed by atoms with Crippen LogP contribution in [0, 0.1) is 5.41 Å². The van der Waals surface area contributed by atoms with E-state index >= 15 is 0 Å². The number of hydrogen-bond acceptors (Lipinski definition) is 3. The molecule has 80 valence electrons. The fourth-order valence-corrected chi connectivity index (χ4v) is 1.64. The lowest BCUT2D eigenvalue weighted by atomic mass is 10.0. The van der Waals surface area contributed by atoms with E-state index in [2.05, 4.69) is 12.2 Å². The molecule has 1 saturated carbocycles. The highest BCUT2D eigenvalue weighted by molar-refractivity contribution is 6.34. The number of nitrogens with one attached hydrogen (secondary N) is 2. The zero-order chi connectivity index (χ0) is 10.6. The van der Waals surface area contributed by atoms with Crippen LogP contribution in [0.2, 0.25) is 0 Å². The second kappa shape index (κ2) is 4.41. The molecule has 4 N–H and O–H groups in total. The van der Waals surface area contributed by atoms with E-state index in [1.165, 1.54) is 0 Å². The van der Waals surface area contributed by atoms with Crippen molar-refractivity contribution in [3.05, 3.63) is 0 Å². The van der Waals surface area contributed by atoms with E-state index in [4.69, 9.17) is 5.84 Å². The van der Waals surface area contributed by atoms with Crippen LogP contribution in [-0.2, 0) is 9.59 Å². The molecule has 0 bridgehead atoms. The van der Waals surface area contributed by atoms with Gasteiger partial charge in [0.05, 0.1) is 0 Å². The third-order valence-corrected chi connectivity index (χ3v) is 2.70. The Kier molecular flexibility index (Phi) is 3.46. The Balaban J connectivity index is 2.26. The highest BCUT2D eigenvalue weighted by Gasteiger charge is 2.41. The van der Waals surface area contributed by atoms with Gasteiger partial charge >= 0.3 is 11.8 Å². The maximum absolute atomic E-state index is 11.0. The Morgan fingerprint density at radius 3 is 2.43 bits per heavy atom. The largest absolute Gasteiger partial charge is 0.347 e. The first kappa shape index (κ1) is 11.0. The van der Waals surface area contributed by atoms with E-state index in [1.54, 1.807) is 5.43 Å². The van der Waals surface area contributed by atoms with Crippen molar-refractivity contribution in [2.24, 2.45) is 11.3 Å². The van der Waals surface area contributed by atoms with Crippen LogP contribution in [0.5, 0.6) is 0 Å². The molecule has 5 nitrogen and oxygen atoms in total. The van der Waals surface area contributed by atoms with Crippen molar-refractivity contribution >= 4 is 11.8 Å². The molecule has 0 aromatic rings. The minimum absolute atomic E-state index is 0.263. The van der Waals surface area contributed by atoms with Crippen LogP contribution in [0.4, 0.5) is 0 Å². The van der Waals surface area contributed by atoms with Crippen molar-refractivity contribution in [3.63, 3.8) is 0 Å². The van der Waals surface area contributed by atoms with Gasteiger partial charge in [0.15, 0.2) is 0 Å². The maximum atomic E-state index is 11.0. The minimum atomic E-state index is -0.780. The Morgan fingerprint density at radius 1 is 1.36 bits per heavy atom. The summed E-state index contributed by atoms with van der Waals surface area (Å²) in [4.78, 5) is 21.8. The summed E-state index contributed by atoms with van der Waals surface area (Å²) in [5, 5.41) is 2.59. The first-order valence-corrected chi connectivity index (χ1v) is 4.92. The number of hydrogen-bond donors (Lipinski definition) is 3. The summed E-state index contributed by atoms with van der Waals surface area (Å²) in [6.07, 6.45) is 4.51. The molecule has 2 amide bonds. The van der Waals surface area contributed by atoms with Crippen LogP contribution < -0.4 is 16.6 Å². The summed E-state index contributed by atoms with van der Waals surface area (Å²) in [5.41, 5.74) is 2.07. The molecule has 0 atom stereocenters. The lowest BCUT2D eigenvalue weighted by molar-refractivity contribution is -0.139. The van der Waals surface area contributed by atoms with Gasteiger partial charge in [-0.2, -0.15) is 0 Å². The number of amides is 2. The lowest BCUT2D eigenvalue weighted by Crippen LogP contribution is -2.44. The van der Waals surface area contributed by atoms with Gasteiger partial charge in [0.1, 0.15) is 0 Å². The van der Waals surface area contributed by atoms with Gasteiger partial charge in [-0.1, -0.05) is 13.3 Å². The molecule has 1 rings (SSSR count). The van der Waals surface area contributed by atoms with Gasteiger partial charge in [-0.3, -0.25) is 15.0 Å². The van der Waals surface area contributed by atoms with Crippen molar-refractivity contribution in [1.82, 2.24) is 10.7 Å². The number of nitrogens with two attached hydrogens (primary N) is 1. The van der Waals surface area contributed by atoms with E-state index in [9.17, 15) is 9.59 Å². The van der Waals surface area contributed by atoms with Gasteiger partial charge in [-0.05, 0) is 24.7 Å². The van der Waals surface area contributed by atoms with Crippen molar-refractivity contribution in [3.8, 4) is 0 Å². The van der Waals surface area contributed by atoms with Crippen LogP contribution in [0.15, 0.2) is 0 Å². The molecular weight excluding hydrogens is 182 g/mol. The molecule has 1 aliphatic carbocycles. The average molecular weight is 199 g/mol. The molecule has 1 aliphatic rings. The van der Waals surface area contributed by atoms with Crippen LogP contribution in [-0.4, -0.2) is 18.4 Å². The van der Waals surface area contributed by atoms with Gasteiger partial charge in [0.2, 0.25) is 0 Å². The summed E-state index contributed by atoms with van der Waals surface area (Å²) < 4.78 is 0. The Hall–Kier alpha value is -1.10. The monoisotopic (exact) mass is 199 g/mol. The Labute approximate surface area is 83.4 Å². The van der Waals surface area contributed by atoms with E-state index in [1.807, 2.05) is 0 Å². The minimum Gasteiger partial charge on any atom is -0.347 e. The SMILES string of the molecule is CCCC1(CNC(=O)C(=O)NN)CC1. The van der Waals surface area contributed by atoms with Crippen LogP contribution >= 0.6 is 0 Å². The van der Waals surface area contributed by atoms with E-state index < -0.39 is 11.8 Å². The molecule has 0 saturated heterocycles. The highest BCUT2D eigenvalue weighted by Crippen LogP contribution is 2.48. The highest BCUT2D eigenvalue weighted by atomic mass is 16.2. The molecular formula is C9H17N3O2. The van der Waals surface area contributed by atoms with Crippen molar-refractivity contribution < 1.29 is 9.59 Å². The van der Waals surface area contributed by atoms with Crippen LogP contribution in [0.1, 0.15) is 32.6 Å². The average Bonchev–Trinajstić information content (AvgIpc) is 2.94. The van der Waals surface area contributed by atoms with Crippen molar-refractivity contribution in [2.45, 2.75) is 32.6 Å². The molecule has 0 aromatic carbocycles. The zero-order valence-corrected chi connectivity index (χ0v) is 8.43. The summed E-state index contributed by atoms with van der Waals surface area (Å²) >= 11 is 0. The first-order valence-electron chi connectivity index (χ1n) is 4.92. The third-order valence-electron chi connectivity index (χ3n) is 2.70. The molecule has 0 spiro atoms. The van der Waals surface area contributed by atoms with E-state index in [0.717, 1.165) is 25.7 Å². The fraction of sp³-hybridized carbons (Fsp3) is 0.778. The smallest absolute Gasteiger partial charge is 0.323 e. The summed E-state index contributed by atoms with van der Waals surface area (Å²) in [7, 11) is 0. The summed E-state index contributed by atoms with van der Waals surface area (Å²) in [5.74, 6) is 3.40. The molecule has 0 heterocycles. The van der Waals surface area contributed by atoms with Crippen LogP contribution in [0.3, 0.4) is 0 Å². The standard InChI is InChI=1S/C9H17N3O2/c1-2-3-9(4-5-9)6-11-7(13)8(14)12-10/h2-6,10H2,1H3,(H,11,13)(H,12,14). The zero-order valence-electron chi connectivity index (χ0n) is 8.43. The van der Waals surface area contributed by atoms with Gasteiger partial charge in [0, 0.05) is 6.54 Å². The summed E-state index contributed by atoms with van der Waals surface area (Å²) in [6.45, 7) is 2.71. The van der Waals surface area contributed by atoms with Gasteiger partial charge in [-0.15, -0.1) is 0 Å². The third kappa shape index (κ3) is 2.70. The fourth-order valence-electron chi connectivity index (χ4n) is 1.64. The molecule has 0 aromatic heterocycles. The number of rotatable bonds is 4. The Morgan fingerprint density at radius 2 is 2.00 bits per heavy atom. The van der Waals surface area contributed by atoms with Gasteiger partial charge < -0.3 is 5.32 Å². The van der Waals surface area contributed by atoms with Gasteiger partial charge in [0.25, 0.3) is 0 Å². The lowest BCUT2D eigenvalue weighted by Gasteiger charge is -2.13. The van der Waals surface area contributed by atoms with Crippen LogP contribution in [0.25, 0.3) is 0 Å². The van der Waals surface area contributed by atoms with E-state index in [-0.39, 0.29) is 5.41 Å². The number of hydrazine groups is 1. The maximum Gasteiger partial charge on any atom is 0.323 e. The molecule has 0 aliphatic heterocycles. The predicted molar refractivity (Wildman–Crippen MR) is 51.9 cm³/mol. The molecule has 5 heteroatoms. The molecule has 14 heavy (non-hydrogen) atoms. The topological polar surface area (TPSA) is 84.2 Å². The number of carbonyl (C=O) groups excluding carboxylic acids is 2. The van der Waals surface area contributed by atoms with E-state index in [0.29, 0.717) is 6.54 Å².